The molecule has 0 saturated heterocycles. The van der Waals surface area contributed by atoms with Crippen LogP contribution < -0.4 is 15.8 Å². The number of amides is 1. The number of anilines is 1. The van der Waals surface area contributed by atoms with E-state index >= 15 is 0 Å². The SMILES string of the molecule is CCOc1ccc(C(=O)NCCOCC2CC2)cc1N. The Bertz CT molecular complexity index is 458. The molecule has 110 valence electrons. The van der Waals surface area contributed by atoms with Gasteiger partial charge in [-0.05, 0) is 43.9 Å². The molecular formula is C15H22N2O3. The van der Waals surface area contributed by atoms with Crippen LogP contribution in [0.4, 0.5) is 5.69 Å². The number of nitrogen functional groups attached to an aromatic ring is 1. The summed E-state index contributed by atoms with van der Waals surface area (Å²) in [6, 6.07) is 5.06. The predicted octanol–water partition coefficient (Wildman–Crippen LogP) is 1.82. The molecule has 1 aromatic rings. The zero-order valence-corrected chi connectivity index (χ0v) is 11.9. The Balaban J connectivity index is 1.74. The van der Waals surface area contributed by atoms with Gasteiger partial charge in [-0.15, -0.1) is 0 Å². The van der Waals surface area contributed by atoms with Crippen LogP contribution >= 0.6 is 0 Å². The standard InChI is InChI=1S/C15H22N2O3/c1-2-20-14-6-5-12(9-13(14)16)15(18)17-7-8-19-10-11-3-4-11/h5-6,9,11H,2-4,7-8,10,16H2,1H3,(H,17,18). The summed E-state index contributed by atoms with van der Waals surface area (Å²) in [6.45, 7) is 4.31. The van der Waals surface area contributed by atoms with Crippen LogP contribution in [-0.2, 0) is 4.74 Å². The number of nitrogens with two attached hydrogens (primary N) is 1. The van der Waals surface area contributed by atoms with E-state index in [1.54, 1.807) is 18.2 Å². The van der Waals surface area contributed by atoms with Gasteiger partial charge in [-0.3, -0.25) is 4.79 Å². The molecule has 0 bridgehead atoms. The number of hydrogen-bond acceptors (Lipinski definition) is 4. The summed E-state index contributed by atoms with van der Waals surface area (Å²) in [4.78, 5) is 11.9. The molecule has 0 aromatic heterocycles. The molecule has 1 aromatic carbocycles. The number of benzene rings is 1. The summed E-state index contributed by atoms with van der Waals surface area (Å²) in [5, 5.41) is 2.81. The van der Waals surface area contributed by atoms with E-state index in [1.807, 2.05) is 6.92 Å². The molecule has 0 unspecified atom stereocenters. The highest BCUT2D eigenvalue weighted by Crippen LogP contribution is 2.28. The highest BCUT2D eigenvalue weighted by atomic mass is 16.5. The first-order valence-electron chi connectivity index (χ1n) is 7.09. The van der Waals surface area contributed by atoms with E-state index in [1.165, 1.54) is 12.8 Å². The molecule has 1 saturated carbocycles. The van der Waals surface area contributed by atoms with Gasteiger partial charge in [-0.2, -0.15) is 0 Å². The molecule has 0 aliphatic heterocycles. The summed E-state index contributed by atoms with van der Waals surface area (Å²) in [5.74, 6) is 1.21. The van der Waals surface area contributed by atoms with Crippen LogP contribution in [0.1, 0.15) is 30.1 Å². The minimum atomic E-state index is -0.144. The molecule has 1 aliphatic carbocycles. The van der Waals surface area contributed by atoms with Gasteiger partial charge in [0, 0.05) is 18.7 Å². The Hall–Kier alpha value is -1.75. The molecule has 2 rings (SSSR count). The van der Waals surface area contributed by atoms with Crippen molar-refractivity contribution in [1.29, 1.82) is 0 Å². The smallest absolute Gasteiger partial charge is 0.251 e. The Morgan fingerprint density at radius 1 is 1.45 bits per heavy atom. The monoisotopic (exact) mass is 278 g/mol. The largest absolute Gasteiger partial charge is 0.492 e. The summed E-state index contributed by atoms with van der Waals surface area (Å²) in [6.07, 6.45) is 2.55. The number of hydrogen-bond donors (Lipinski definition) is 2. The Labute approximate surface area is 119 Å². The minimum absolute atomic E-state index is 0.144. The van der Waals surface area contributed by atoms with Gasteiger partial charge in [0.15, 0.2) is 0 Å². The zero-order chi connectivity index (χ0) is 14.4. The van der Waals surface area contributed by atoms with Gasteiger partial charge >= 0.3 is 0 Å². The van der Waals surface area contributed by atoms with Gasteiger partial charge in [-0.25, -0.2) is 0 Å². The van der Waals surface area contributed by atoms with Crippen LogP contribution in [0, 0.1) is 5.92 Å². The maximum atomic E-state index is 11.9. The lowest BCUT2D eigenvalue weighted by molar-refractivity contribution is 0.0906. The van der Waals surface area contributed by atoms with Crippen LogP contribution in [0.5, 0.6) is 5.75 Å². The van der Waals surface area contributed by atoms with Gasteiger partial charge in [0.05, 0.1) is 18.9 Å². The predicted molar refractivity (Wildman–Crippen MR) is 77.9 cm³/mol. The average molecular weight is 278 g/mol. The van der Waals surface area contributed by atoms with Crippen molar-refractivity contribution < 1.29 is 14.3 Å². The van der Waals surface area contributed by atoms with Crippen molar-refractivity contribution in [1.82, 2.24) is 5.32 Å². The number of ether oxygens (including phenoxy) is 2. The van der Waals surface area contributed by atoms with Crippen molar-refractivity contribution in [2.75, 3.05) is 32.1 Å². The molecule has 1 aliphatic rings. The zero-order valence-electron chi connectivity index (χ0n) is 11.9. The van der Waals surface area contributed by atoms with Gasteiger partial charge in [0.1, 0.15) is 5.75 Å². The Morgan fingerprint density at radius 3 is 2.90 bits per heavy atom. The Morgan fingerprint density at radius 2 is 2.25 bits per heavy atom. The fraction of sp³-hybridized carbons (Fsp3) is 0.533. The normalized spacial score (nSPS) is 14.1. The van der Waals surface area contributed by atoms with Crippen LogP contribution in [0.2, 0.25) is 0 Å². The summed E-state index contributed by atoms with van der Waals surface area (Å²) in [7, 11) is 0. The molecule has 5 heteroatoms. The van der Waals surface area contributed by atoms with Crippen LogP contribution in [0.15, 0.2) is 18.2 Å². The summed E-state index contributed by atoms with van der Waals surface area (Å²) in [5.41, 5.74) is 6.84. The molecule has 0 radical (unpaired) electrons. The van der Waals surface area contributed by atoms with Crippen LogP contribution in [0.3, 0.4) is 0 Å². The van der Waals surface area contributed by atoms with Crippen LogP contribution in [-0.4, -0.2) is 32.3 Å². The average Bonchev–Trinajstić information content (AvgIpc) is 3.25. The van der Waals surface area contributed by atoms with Crippen molar-refractivity contribution in [3.63, 3.8) is 0 Å². The van der Waals surface area contributed by atoms with Gasteiger partial charge in [0.2, 0.25) is 0 Å². The number of rotatable bonds is 8. The molecule has 0 spiro atoms. The third kappa shape index (κ3) is 4.42. The van der Waals surface area contributed by atoms with Gasteiger partial charge < -0.3 is 20.5 Å². The number of carbonyl (C=O) groups excluding carboxylic acids is 1. The van der Waals surface area contributed by atoms with Crippen LogP contribution in [0.25, 0.3) is 0 Å². The molecule has 5 nitrogen and oxygen atoms in total. The molecule has 3 N–H and O–H groups in total. The maximum Gasteiger partial charge on any atom is 0.251 e. The summed E-state index contributed by atoms with van der Waals surface area (Å²) >= 11 is 0. The third-order valence-electron chi connectivity index (χ3n) is 3.15. The topological polar surface area (TPSA) is 73.6 Å². The second kappa shape index (κ2) is 7.14. The molecule has 0 atom stereocenters. The molecule has 20 heavy (non-hydrogen) atoms. The Kier molecular flexibility index (Phi) is 5.24. The number of carbonyl (C=O) groups is 1. The van der Waals surface area contributed by atoms with E-state index in [9.17, 15) is 4.79 Å². The van der Waals surface area contributed by atoms with Crippen molar-refractivity contribution in [3.8, 4) is 5.75 Å². The lowest BCUT2D eigenvalue weighted by Gasteiger charge is -2.09. The first kappa shape index (κ1) is 14.7. The minimum Gasteiger partial charge on any atom is -0.492 e. The first-order chi connectivity index (χ1) is 9.70. The maximum absolute atomic E-state index is 11.9. The highest BCUT2D eigenvalue weighted by Gasteiger charge is 2.20. The van der Waals surface area contributed by atoms with Crippen molar-refractivity contribution in [2.24, 2.45) is 5.92 Å². The highest BCUT2D eigenvalue weighted by molar-refractivity contribution is 5.95. The quantitative estimate of drug-likeness (QED) is 0.562. The van der Waals surface area contributed by atoms with Gasteiger partial charge in [-0.1, -0.05) is 0 Å². The molecule has 1 amide bonds. The van der Waals surface area contributed by atoms with E-state index < -0.39 is 0 Å². The lowest BCUT2D eigenvalue weighted by atomic mass is 10.2. The van der Waals surface area contributed by atoms with E-state index in [-0.39, 0.29) is 5.91 Å². The van der Waals surface area contributed by atoms with Crippen molar-refractivity contribution in [3.05, 3.63) is 23.8 Å². The van der Waals surface area contributed by atoms with E-state index in [2.05, 4.69) is 5.32 Å². The third-order valence-corrected chi connectivity index (χ3v) is 3.15. The van der Waals surface area contributed by atoms with E-state index in [4.69, 9.17) is 15.2 Å². The fourth-order valence-electron chi connectivity index (χ4n) is 1.85. The van der Waals surface area contributed by atoms with E-state index in [0.717, 1.165) is 12.5 Å². The molecule has 1 fully saturated rings. The fourth-order valence-corrected chi connectivity index (χ4v) is 1.85. The number of nitrogens with one attached hydrogen (secondary N) is 1. The molecule has 0 heterocycles. The second-order valence-corrected chi connectivity index (χ2v) is 4.96. The molecular weight excluding hydrogens is 256 g/mol. The summed E-state index contributed by atoms with van der Waals surface area (Å²) < 4.78 is 10.8. The second-order valence-electron chi connectivity index (χ2n) is 4.96. The lowest BCUT2D eigenvalue weighted by Crippen LogP contribution is -2.27. The van der Waals surface area contributed by atoms with E-state index in [0.29, 0.717) is 36.8 Å². The van der Waals surface area contributed by atoms with Crippen molar-refractivity contribution >= 4 is 11.6 Å². The first-order valence-corrected chi connectivity index (χ1v) is 7.09. The van der Waals surface area contributed by atoms with Crippen molar-refractivity contribution in [2.45, 2.75) is 19.8 Å². The van der Waals surface area contributed by atoms with Gasteiger partial charge in [0.25, 0.3) is 5.91 Å².